The van der Waals surface area contributed by atoms with Crippen molar-refractivity contribution in [3.63, 3.8) is 0 Å². The van der Waals surface area contributed by atoms with Crippen LogP contribution in [0.2, 0.25) is 0 Å². The van der Waals surface area contributed by atoms with Gasteiger partial charge in [0.15, 0.2) is 5.60 Å². The van der Waals surface area contributed by atoms with E-state index in [0.29, 0.717) is 6.54 Å². The van der Waals surface area contributed by atoms with E-state index in [9.17, 15) is 19.5 Å². The van der Waals surface area contributed by atoms with Crippen LogP contribution in [-0.2, 0) is 20.8 Å². The zero-order valence-electron chi connectivity index (χ0n) is 18.3. The fourth-order valence-corrected chi connectivity index (χ4v) is 3.82. The van der Waals surface area contributed by atoms with Crippen LogP contribution in [0.4, 0.5) is 0 Å². The first-order valence-corrected chi connectivity index (χ1v) is 12.5. The van der Waals surface area contributed by atoms with Gasteiger partial charge in [0.1, 0.15) is 6.04 Å². The van der Waals surface area contributed by atoms with Gasteiger partial charge in [0.05, 0.1) is 5.92 Å². The van der Waals surface area contributed by atoms with Gasteiger partial charge in [0, 0.05) is 22.3 Å². The number of hydroxylamine groups is 1. The first-order chi connectivity index (χ1) is 14.5. The third-order valence-electron chi connectivity index (χ3n) is 4.91. The molecule has 1 aromatic rings. The zero-order valence-corrected chi connectivity index (χ0v) is 21.2. The van der Waals surface area contributed by atoms with E-state index in [2.05, 4.69) is 33.2 Å². The lowest BCUT2D eigenvalue weighted by Gasteiger charge is -2.34. The number of amides is 3. The van der Waals surface area contributed by atoms with Crippen LogP contribution in [0.5, 0.6) is 0 Å². The van der Waals surface area contributed by atoms with Crippen LogP contribution in [0.25, 0.3) is 0 Å². The summed E-state index contributed by atoms with van der Waals surface area (Å²) < 4.78 is 1.04. The van der Waals surface area contributed by atoms with Gasteiger partial charge in [0.25, 0.3) is 5.91 Å². The van der Waals surface area contributed by atoms with Crippen molar-refractivity contribution in [3.8, 4) is 0 Å². The molecule has 10 heteroatoms. The number of aliphatic hydroxyl groups is 1. The number of nitrogens with one attached hydrogen (secondary N) is 3. The van der Waals surface area contributed by atoms with Crippen LogP contribution in [-0.4, -0.2) is 58.2 Å². The minimum absolute atomic E-state index is 0.0161. The van der Waals surface area contributed by atoms with E-state index >= 15 is 0 Å². The summed E-state index contributed by atoms with van der Waals surface area (Å²) in [6, 6.07) is 6.63. The van der Waals surface area contributed by atoms with Gasteiger partial charge in [-0.05, 0) is 58.9 Å². The predicted octanol–water partition coefficient (Wildman–Crippen LogP) is 1.72. The molecule has 31 heavy (non-hydrogen) atoms. The standard InChI is InChI=1S/C21H32IN3O5S/c1-13(2)12-21(29,14(3)18(26)25-30)20(28)24-17(19(27)23-9-10-31-4)11-15-5-7-16(22)8-6-15/h5-8,13-14,17,29-30H,9-12H2,1-4H3,(H,23,27)(H,24,28)(H,25,26)/t14-,17+,21+/m1/s1. The van der Waals surface area contributed by atoms with Crippen molar-refractivity contribution in [1.29, 1.82) is 0 Å². The molecule has 0 unspecified atom stereocenters. The lowest BCUT2D eigenvalue weighted by Crippen LogP contribution is -2.60. The van der Waals surface area contributed by atoms with Gasteiger partial charge in [-0.25, -0.2) is 5.48 Å². The van der Waals surface area contributed by atoms with Crippen molar-refractivity contribution >= 4 is 52.1 Å². The van der Waals surface area contributed by atoms with Gasteiger partial charge in [-0.1, -0.05) is 32.9 Å². The minimum atomic E-state index is -2.09. The highest BCUT2D eigenvalue weighted by atomic mass is 127. The Kier molecular flexibility index (Phi) is 11.8. The summed E-state index contributed by atoms with van der Waals surface area (Å²) in [6.45, 7) is 5.42. The molecule has 0 heterocycles. The third-order valence-corrected chi connectivity index (χ3v) is 6.24. The number of halogens is 1. The van der Waals surface area contributed by atoms with Crippen LogP contribution in [0, 0.1) is 15.4 Å². The Bertz CT molecular complexity index is 747. The highest BCUT2D eigenvalue weighted by Gasteiger charge is 2.46. The van der Waals surface area contributed by atoms with E-state index in [-0.39, 0.29) is 24.7 Å². The first kappa shape index (κ1) is 27.7. The lowest BCUT2D eigenvalue weighted by atomic mass is 9.80. The molecule has 0 saturated heterocycles. The highest BCUT2D eigenvalue weighted by Crippen LogP contribution is 2.27. The van der Waals surface area contributed by atoms with Gasteiger partial charge in [-0.3, -0.25) is 19.6 Å². The van der Waals surface area contributed by atoms with Gasteiger partial charge in [0.2, 0.25) is 11.8 Å². The molecule has 3 atom stereocenters. The summed E-state index contributed by atoms with van der Waals surface area (Å²) in [7, 11) is 0. The molecule has 174 valence electrons. The summed E-state index contributed by atoms with van der Waals surface area (Å²) in [6.07, 6.45) is 2.14. The molecule has 0 bridgehead atoms. The van der Waals surface area contributed by atoms with Crippen LogP contribution in [0.15, 0.2) is 24.3 Å². The van der Waals surface area contributed by atoms with Crippen LogP contribution in [0.3, 0.4) is 0 Å². The number of rotatable bonds is 12. The Morgan fingerprint density at radius 1 is 1.13 bits per heavy atom. The maximum absolute atomic E-state index is 13.1. The molecule has 0 fully saturated rings. The summed E-state index contributed by atoms with van der Waals surface area (Å²) >= 11 is 3.77. The zero-order chi connectivity index (χ0) is 23.6. The lowest BCUT2D eigenvalue weighted by molar-refractivity contribution is -0.159. The number of carbonyl (C=O) groups excluding carboxylic acids is 3. The monoisotopic (exact) mass is 565 g/mol. The van der Waals surface area contributed by atoms with Gasteiger partial charge in [-0.2, -0.15) is 11.8 Å². The van der Waals surface area contributed by atoms with E-state index in [1.165, 1.54) is 12.4 Å². The minimum Gasteiger partial charge on any atom is -0.379 e. The Labute approximate surface area is 201 Å². The Morgan fingerprint density at radius 2 is 1.74 bits per heavy atom. The predicted molar refractivity (Wildman–Crippen MR) is 130 cm³/mol. The SMILES string of the molecule is CSCCNC(=O)[C@H](Cc1ccc(I)cc1)NC(=O)[C@](O)(CC(C)C)[C@H](C)C(=O)NO. The highest BCUT2D eigenvalue weighted by molar-refractivity contribution is 14.1. The largest absolute Gasteiger partial charge is 0.379 e. The topological polar surface area (TPSA) is 128 Å². The smallest absolute Gasteiger partial charge is 0.253 e. The Balaban J connectivity index is 3.14. The molecule has 1 rings (SSSR count). The molecule has 0 aromatic heterocycles. The fourth-order valence-electron chi connectivity index (χ4n) is 3.15. The molecule has 1 aromatic carbocycles. The molecular formula is C21H32IN3O5S. The van der Waals surface area contributed by atoms with Crippen molar-refractivity contribution in [2.75, 3.05) is 18.6 Å². The molecule has 0 aliphatic rings. The van der Waals surface area contributed by atoms with E-state index in [1.54, 1.807) is 25.6 Å². The average Bonchev–Trinajstić information content (AvgIpc) is 2.72. The maximum Gasteiger partial charge on any atom is 0.253 e. The average molecular weight is 565 g/mol. The van der Waals surface area contributed by atoms with Crippen molar-refractivity contribution in [1.82, 2.24) is 16.1 Å². The molecule has 0 saturated carbocycles. The fraction of sp³-hybridized carbons (Fsp3) is 0.571. The second kappa shape index (κ2) is 13.2. The second-order valence-corrected chi connectivity index (χ2v) is 10.1. The quantitative estimate of drug-likeness (QED) is 0.114. The number of carbonyl (C=O) groups is 3. The van der Waals surface area contributed by atoms with Gasteiger partial charge in [-0.15, -0.1) is 0 Å². The molecule has 0 spiro atoms. The molecule has 0 aliphatic heterocycles. The van der Waals surface area contributed by atoms with Crippen molar-refractivity contribution in [2.24, 2.45) is 11.8 Å². The Morgan fingerprint density at radius 3 is 2.26 bits per heavy atom. The summed E-state index contributed by atoms with van der Waals surface area (Å²) in [5.74, 6) is -2.69. The van der Waals surface area contributed by atoms with Crippen molar-refractivity contribution in [2.45, 2.75) is 45.3 Å². The van der Waals surface area contributed by atoms with E-state index in [4.69, 9.17) is 5.21 Å². The number of hydrogen-bond acceptors (Lipinski definition) is 6. The van der Waals surface area contributed by atoms with Crippen molar-refractivity contribution < 1.29 is 24.7 Å². The molecule has 0 radical (unpaired) electrons. The second-order valence-electron chi connectivity index (χ2n) is 7.86. The van der Waals surface area contributed by atoms with Crippen molar-refractivity contribution in [3.05, 3.63) is 33.4 Å². The molecule has 8 nitrogen and oxygen atoms in total. The number of thioether (sulfide) groups is 1. The molecular weight excluding hydrogens is 533 g/mol. The van der Waals surface area contributed by atoms with E-state index in [0.717, 1.165) is 14.9 Å². The summed E-state index contributed by atoms with van der Waals surface area (Å²) in [5, 5.41) is 25.6. The van der Waals surface area contributed by atoms with E-state index in [1.807, 2.05) is 30.5 Å². The Hall–Kier alpha value is -1.37. The molecule has 5 N–H and O–H groups in total. The third kappa shape index (κ3) is 8.59. The van der Waals surface area contributed by atoms with Gasteiger partial charge < -0.3 is 15.7 Å². The van der Waals surface area contributed by atoms with E-state index < -0.39 is 29.4 Å². The molecule has 3 amide bonds. The molecule has 0 aliphatic carbocycles. The summed E-state index contributed by atoms with van der Waals surface area (Å²) in [5.41, 5.74) is 0.247. The number of hydrogen-bond donors (Lipinski definition) is 5. The van der Waals surface area contributed by atoms with Crippen LogP contribution >= 0.6 is 34.4 Å². The van der Waals surface area contributed by atoms with Gasteiger partial charge >= 0.3 is 0 Å². The number of benzene rings is 1. The maximum atomic E-state index is 13.1. The van der Waals surface area contributed by atoms with Crippen LogP contribution in [0.1, 0.15) is 32.8 Å². The first-order valence-electron chi connectivity index (χ1n) is 10.0. The normalized spacial score (nSPS) is 15.0. The summed E-state index contributed by atoms with van der Waals surface area (Å²) in [4.78, 5) is 37.9. The van der Waals surface area contributed by atoms with Crippen LogP contribution < -0.4 is 16.1 Å².